The smallest absolute Gasteiger partial charge is 0.205 e. The highest BCUT2D eigenvalue weighted by Gasteiger charge is 2.67. The van der Waals surface area contributed by atoms with Crippen molar-refractivity contribution in [3.63, 3.8) is 0 Å². The third-order valence-corrected chi connectivity index (χ3v) is 18.3. The first-order chi connectivity index (χ1) is 5.75. The normalized spacial score (nSPS) is 15.9. The zero-order chi connectivity index (χ0) is 12.0. The van der Waals surface area contributed by atoms with Gasteiger partial charge in [-0.3, -0.25) is 0 Å². The monoisotopic (exact) mass is 1210 g/mol. The molecule has 0 bridgehead atoms. The maximum Gasteiger partial charge on any atom is 0.223 e. The van der Waals surface area contributed by atoms with E-state index in [1.807, 2.05) is 45.2 Å². The number of halogens is 9. The molecular weight excluding hydrogens is 1210 g/mol. The molecule has 0 aliphatic rings. The molecule has 10 heteroatoms. The lowest BCUT2D eigenvalue weighted by molar-refractivity contribution is 0.145. The summed E-state index contributed by atoms with van der Waals surface area (Å²) in [6, 6.07) is 0. The molecule has 0 aromatic carbocycles. The lowest BCUT2D eigenvalue weighted by Gasteiger charge is -2.46. The van der Waals surface area contributed by atoms with Crippen LogP contribution < -0.4 is 0 Å². The van der Waals surface area contributed by atoms with Gasteiger partial charge in [0, 0.05) is 0 Å². The molecule has 0 aliphatic heterocycles. The minimum absolute atomic E-state index is 0.130. The molecule has 0 heterocycles. The van der Waals surface area contributed by atoms with Crippen LogP contribution in [0.2, 0.25) is 0 Å². The van der Waals surface area contributed by atoms with E-state index in [0.29, 0.717) is 0 Å². The summed E-state index contributed by atoms with van der Waals surface area (Å²) >= 11 is 20.4. The molecule has 0 saturated carbocycles. The van der Waals surface area contributed by atoms with Crippen LogP contribution in [0, 0.1) is 0 Å². The highest BCUT2D eigenvalue weighted by molar-refractivity contribution is 14.3. The molecule has 14 heavy (non-hydrogen) atoms. The summed E-state index contributed by atoms with van der Waals surface area (Å²) in [5, 5.41) is 12.4. The largest absolute Gasteiger partial charge is 0.223 e. The SMILES string of the molecule is [O]C(I)(I)C(I)(C(I)(I)I)C(I)(I)I. The Bertz CT molecular complexity index is 170. The van der Waals surface area contributed by atoms with E-state index in [4.69, 9.17) is 0 Å². The second-order valence-corrected chi connectivity index (χ2v) is 31.0. The summed E-state index contributed by atoms with van der Waals surface area (Å²) in [5.41, 5.74) is 0. The van der Waals surface area contributed by atoms with Crippen LogP contribution >= 0.6 is 203 Å². The van der Waals surface area contributed by atoms with Gasteiger partial charge in [0.05, 0.1) is 0 Å². The van der Waals surface area contributed by atoms with Gasteiger partial charge < -0.3 is 0 Å². The second kappa shape index (κ2) is 7.19. The van der Waals surface area contributed by atoms with Crippen LogP contribution in [0.1, 0.15) is 0 Å². The summed E-state index contributed by atoms with van der Waals surface area (Å²) in [6.45, 7) is 0. The first-order valence-electron chi connectivity index (χ1n) is 2.65. The molecule has 0 aromatic rings. The Morgan fingerprint density at radius 3 is 0.786 bits per heavy atom. The Morgan fingerprint density at radius 1 is 0.571 bits per heavy atom. The molecule has 0 atom stereocenters. The van der Waals surface area contributed by atoms with Crippen molar-refractivity contribution in [2.45, 2.75) is 3.91 Å². The minimum atomic E-state index is -1.05. The van der Waals surface area contributed by atoms with Gasteiger partial charge in [-0.25, -0.2) is 5.11 Å². The zero-order valence-corrected chi connectivity index (χ0v) is 25.2. The Hall–Kier alpha value is 6.53. The highest BCUT2D eigenvalue weighted by atomic mass is 127. The first-order valence-corrected chi connectivity index (χ1v) is 12.4. The van der Waals surface area contributed by atoms with E-state index in [1.54, 1.807) is 0 Å². The molecule has 0 saturated heterocycles. The van der Waals surface area contributed by atoms with Crippen molar-refractivity contribution >= 4 is 203 Å². The van der Waals surface area contributed by atoms with Gasteiger partial charge in [0.25, 0.3) is 0 Å². The van der Waals surface area contributed by atoms with Crippen molar-refractivity contribution in [3.8, 4) is 0 Å². The fourth-order valence-corrected chi connectivity index (χ4v) is 17.7. The van der Waals surface area contributed by atoms with E-state index in [0.717, 1.165) is 0 Å². The van der Waals surface area contributed by atoms with Crippen LogP contribution in [-0.4, -0.2) is 3.91 Å². The van der Waals surface area contributed by atoms with Crippen LogP contribution in [0.15, 0.2) is 0 Å². The minimum Gasteiger partial charge on any atom is -0.205 e. The van der Waals surface area contributed by atoms with Gasteiger partial charge in [-0.05, 0) is 45.2 Å². The van der Waals surface area contributed by atoms with Crippen LogP contribution in [0.3, 0.4) is 0 Å². The lowest BCUT2D eigenvalue weighted by atomic mass is 10.2. The Kier molecular flexibility index (Phi) is 10.6. The Labute approximate surface area is 206 Å². The lowest BCUT2D eigenvalue weighted by Crippen LogP contribution is -2.56. The maximum atomic E-state index is 12.4. The zero-order valence-electron chi connectivity index (χ0n) is 5.81. The molecule has 0 fully saturated rings. The predicted molar refractivity (Wildman–Crippen MR) is 138 cm³/mol. The third kappa shape index (κ3) is 5.06. The summed E-state index contributed by atoms with van der Waals surface area (Å²) < 4.78 is -1.69. The summed E-state index contributed by atoms with van der Waals surface area (Å²) in [7, 11) is 0. The van der Waals surface area contributed by atoms with Gasteiger partial charge in [-0.2, -0.15) is 0 Å². The van der Waals surface area contributed by atoms with Gasteiger partial charge >= 0.3 is 0 Å². The molecule has 0 amide bonds. The van der Waals surface area contributed by atoms with Gasteiger partial charge in [-0.1, -0.05) is 158 Å². The predicted octanol–water partition coefficient (Wildman–Crippen LogP) is 7.03. The van der Waals surface area contributed by atoms with Crippen LogP contribution in [-0.2, 0) is 5.11 Å². The van der Waals surface area contributed by atoms with Gasteiger partial charge in [0.15, 0.2) is 0 Å². The summed E-state index contributed by atoms with van der Waals surface area (Å²) in [6.07, 6.45) is 0. The fraction of sp³-hybridized carbons (Fsp3) is 1.00. The number of hydrogen-bond acceptors (Lipinski definition) is 0. The van der Waals surface area contributed by atoms with E-state index < -0.39 is 1.61 Å². The summed E-state index contributed by atoms with van der Waals surface area (Å²) in [4.78, 5) is 0. The van der Waals surface area contributed by atoms with Crippen molar-refractivity contribution in [1.82, 2.24) is 0 Å². The molecule has 1 nitrogen and oxygen atoms in total. The molecule has 0 spiro atoms. The average Bonchev–Trinajstić information content (AvgIpc) is 1.77. The molecule has 1 radical (unpaired) electrons. The van der Waals surface area contributed by atoms with E-state index >= 15 is 0 Å². The van der Waals surface area contributed by atoms with Crippen molar-refractivity contribution in [2.24, 2.45) is 0 Å². The summed E-state index contributed by atoms with van der Waals surface area (Å²) in [5.74, 6) is 0. The quantitative estimate of drug-likeness (QED) is 0.214. The van der Waals surface area contributed by atoms with Crippen molar-refractivity contribution < 1.29 is 5.11 Å². The number of hydrogen-bond donors (Lipinski definition) is 0. The topological polar surface area (TPSA) is 19.9 Å². The molecular formula is C4I9O. The molecule has 85 valence electrons. The van der Waals surface area contributed by atoms with E-state index in [1.165, 1.54) is 0 Å². The Balaban J connectivity index is 5.54. The van der Waals surface area contributed by atoms with Crippen molar-refractivity contribution in [2.75, 3.05) is 0 Å². The van der Waals surface area contributed by atoms with Crippen LogP contribution in [0.4, 0.5) is 0 Å². The molecule has 0 aliphatic carbocycles. The van der Waals surface area contributed by atoms with Gasteiger partial charge in [0.2, 0.25) is 1.61 Å². The van der Waals surface area contributed by atoms with E-state index in [2.05, 4.69) is 158 Å². The Morgan fingerprint density at radius 2 is 0.786 bits per heavy atom. The molecule has 0 N–H and O–H groups in total. The van der Waals surface area contributed by atoms with Crippen molar-refractivity contribution in [1.29, 1.82) is 0 Å². The standard InChI is InChI=1S/C4I9O/c5-1(2(6,7)8,3(9,10)11)4(12,13)14. The van der Waals surface area contributed by atoms with Gasteiger partial charge in [-0.15, -0.1) is 0 Å². The van der Waals surface area contributed by atoms with E-state index in [9.17, 15) is 5.11 Å². The average molecular weight is 1210 g/mol. The molecule has 0 rings (SSSR count). The maximum absolute atomic E-state index is 12.4. The number of rotatable bonds is 3. The van der Waals surface area contributed by atoms with Crippen LogP contribution in [0.25, 0.3) is 0 Å². The van der Waals surface area contributed by atoms with Crippen LogP contribution in [0.5, 0.6) is 0 Å². The fourth-order valence-electron chi connectivity index (χ4n) is 0.491. The van der Waals surface area contributed by atoms with Gasteiger partial charge in [0.1, 0.15) is 2.29 Å². The molecule has 0 unspecified atom stereocenters. The first kappa shape index (κ1) is 20.5. The molecule has 0 aromatic heterocycles. The number of alkyl halides is 9. The third-order valence-electron chi connectivity index (χ3n) is 1.18. The van der Waals surface area contributed by atoms with Crippen molar-refractivity contribution in [3.05, 3.63) is 0 Å². The van der Waals surface area contributed by atoms with E-state index in [-0.39, 0.29) is 2.29 Å². The highest BCUT2D eigenvalue weighted by Crippen LogP contribution is 2.69. The second-order valence-electron chi connectivity index (χ2n) is 2.17.